The molecule has 1 aromatic carbocycles. The van der Waals surface area contributed by atoms with Crippen molar-refractivity contribution in [2.24, 2.45) is 5.73 Å². The Hall–Kier alpha value is -2.97. The van der Waals surface area contributed by atoms with Crippen LogP contribution in [0.4, 0.5) is 0 Å². The number of unbranched alkanes of at least 4 members (excludes halogenated alkanes) is 30. The third-order valence-corrected chi connectivity index (χ3v) is 12.1. The monoisotopic (exact) mass is 886 g/mol. The second-order valence-electron chi connectivity index (χ2n) is 18.2. The molecule has 0 aliphatic rings. The quantitative estimate of drug-likeness (QED) is 0.0559. The number of rotatable bonds is 48. The molecule has 0 atom stereocenters. The van der Waals surface area contributed by atoms with Crippen molar-refractivity contribution in [1.82, 2.24) is 10.6 Å². The molecule has 0 fully saturated rings. The first-order chi connectivity index (χ1) is 30.9. The molecule has 0 spiro atoms. The number of nitrogens with one attached hydrogen (secondary N) is 2. The summed E-state index contributed by atoms with van der Waals surface area (Å²) in [4.78, 5) is 37.0. The summed E-state index contributed by atoms with van der Waals surface area (Å²) in [6.45, 7) is 9.52. The van der Waals surface area contributed by atoms with E-state index in [1.165, 1.54) is 154 Å². The van der Waals surface area contributed by atoms with Crippen LogP contribution in [0.2, 0.25) is 0 Å². The maximum absolute atomic E-state index is 13.6. The molecular formula is C54H99N3O6. The van der Waals surface area contributed by atoms with Crippen LogP contribution in [0.1, 0.15) is 269 Å². The van der Waals surface area contributed by atoms with E-state index in [-0.39, 0.29) is 17.7 Å². The van der Waals surface area contributed by atoms with Crippen molar-refractivity contribution in [3.8, 4) is 17.2 Å². The molecule has 0 aliphatic heterocycles. The van der Waals surface area contributed by atoms with Crippen LogP contribution >= 0.6 is 0 Å². The van der Waals surface area contributed by atoms with Gasteiger partial charge in [0.05, 0.1) is 19.8 Å². The van der Waals surface area contributed by atoms with Crippen LogP contribution in [-0.4, -0.2) is 50.6 Å². The average molecular weight is 886 g/mol. The molecule has 0 aromatic heterocycles. The summed E-state index contributed by atoms with van der Waals surface area (Å²) in [5, 5.41) is 6.00. The van der Waals surface area contributed by atoms with E-state index < -0.39 is 0 Å². The number of nitrogens with two attached hydrogens (primary N) is 1. The van der Waals surface area contributed by atoms with E-state index in [1.807, 2.05) is 12.1 Å². The van der Waals surface area contributed by atoms with Crippen LogP contribution in [-0.2, 0) is 9.59 Å². The number of primary amides is 1. The molecule has 9 heteroatoms. The smallest absolute Gasteiger partial charge is 0.251 e. The minimum absolute atomic E-state index is 0.0179. The number of carbonyl (C=O) groups excluding carboxylic acids is 3. The van der Waals surface area contributed by atoms with E-state index in [1.54, 1.807) is 0 Å². The van der Waals surface area contributed by atoms with E-state index in [4.69, 9.17) is 19.9 Å². The summed E-state index contributed by atoms with van der Waals surface area (Å²) in [7, 11) is 0. The van der Waals surface area contributed by atoms with Gasteiger partial charge in [-0.25, -0.2) is 0 Å². The summed E-state index contributed by atoms with van der Waals surface area (Å²) in [6.07, 6.45) is 42.6. The highest BCUT2D eigenvalue weighted by Gasteiger charge is 2.19. The van der Waals surface area contributed by atoms with Gasteiger partial charge in [0, 0.05) is 31.5 Å². The average Bonchev–Trinajstić information content (AvgIpc) is 3.27. The molecule has 9 nitrogen and oxygen atoms in total. The number of amides is 3. The molecule has 366 valence electrons. The Morgan fingerprint density at radius 1 is 0.413 bits per heavy atom. The van der Waals surface area contributed by atoms with E-state index in [2.05, 4.69) is 31.4 Å². The van der Waals surface area contributed by atoms with Crippen LogP contribution in [0, 0.1) is 0 Å². The fraction of sp³-hybridized carbons (Fsp3) is 0.833. The first-order valence-electron chi connectivity index (χ1n) is 26.8. The van der Waals surface area contributed by atoms with Crippen molar-refractivity contribution in [3.63, 3.8) is 0 Å². The number of carbonyl (C=O) groups is 3. The Kier molecular flexibility index (Phi) is 40.8. The maximum Gasteiger partial charge on any atom is 0.251 e. The van der Waals surface area contributed by atoms with Gasteiger partial charge in [-0.2, -0.15) is 0 Å². The maximum atomic E-state index is 13.6. The van der Waals surface area contributed by atoms with Gasteiger partial charge in [0.1, 0.15) is 0 Å². The van der Waals surface area contributed by atoms with Gasteiger partial charge in [0.25, 0.3) is 5.91 Å². The highest BCUT2D eigenvalue weighted by Crippen LogP contribution is 2.40. The van der Waals surface area contributed by atoms with Crippen molar-refractivity contribution in [2.45, 2.75) is 258 Å². The third kappa shape index (κ3) is 36.0. The lowest BCUT2D eigenvalue weighted by atomic mass is 10.1. The van der Waals surface area contributed by atoms with Crippen molar-refractivity contribution in [1.29, 1.82) is 0 Å². The lowest BCUT2D eigenvalue weighted by molar-refractivity contribution is -0.121. The summed E-state index contributed by atoms with van der Waals surface area (Å²) < 4.78 is 19.5. The van der Waals surface area contributed by atoms with Gasteiger partial charge in [0.15, 0.2) is 11.5 Å². The van der Waals surface area contributed by atoms with Crippen LogP contribution in [0.5, 0.6) is 17.2 Å². The van der Waals surface area contributed by atoms with Crippen molar-refractivity contribution < 1.29 is 28.6 Å². The second-order valence-corrected chi connectivity index (χ2v) is 18.2. The number of ether oxygens (including phenoxy) is 3. The van der Waals surface area contributed by atoms with Crippen molar-refractivity contribution in [2.75, 3.05) is 32.9 Å². The molecule has 0 bridgehead atoms. The Morgan fingerprint density at radius 2 is 0.762 bits per heavy atom. The van der Waals surface area contributed by atoms with E-state index >= 15 is 0 Å². The van der Waals surface area contributed by atoms with Crippen molar-refractivity contribution in [3.05, 3.63) is 17.7 Å². The van der Waals surface area contributed by atoms with E-state index in [9.17, 15) is 14.4 Å². The van der Waals surface area contributed by atoms with Crippen LogP contribution in [0.15, 0.2) is 12.1 Å². The molecule has 63 heavy (non-hydrogen) atoms. The van der Waals surface area contributed by atoms with Crippen molar-refractivity contribution >= 4 is 17.7 Å². The minimum Gasteiger partial charge on any atom is -0.490 e. The molecule has 0 aliphatic carbocycles. The van der Waals surface area contributed by atoms with Gasteiger partial charge >= 0.3 is 0 Å². The molecule has 0 saturated heterocycles. The molecule has 0 heterocycles. The summed E-state index contributed by atoms with van der Waals surface area (Å²) >= 11 is 0. The largest absolute Gasteiger partial charge is 0.490 e. The van der Waals surface area contributed by atoms with Crippen LogP contribution < -0.4 is 30.6 Å². The van der Waals surface area contributed by atoms with Gasteiger partial charge < -0.3 is 30.6 Å². The second kappa shape index (κ2) is 44.2. The summed E-state index contributed by atoms with van der Waals surface area (Å²) in [6, 6.07) is 3.64. The first-order valence-corrected chi connectivity index (χ1v) is 26.8. The summed E-state index contributed by atoms with van der Waals surface area (Å²) in [5.41, 5.74) is 5.69. The van der Waals surface area contributed by atoms with Crippen LogP contribution in [0.25, 0.3) is 0 Å². The van der Waals surface area contributed by atoms with Gasteiger partial charge in [0.2, 0.25) is 17.6 Å². The fourth-order valence-electron chi connectivity index (χ4n) is 8.02. The molecule has 1 rings (SSSR count). The number of benzene rings is 1. The Balaban J connectivity index is 2.89. The predicted octanol–water partition coefficient (Wildman–Crippen LogP) is 14.6. The molecule has 3 amide bonds. The Bertz CT molecular complexity index is 1180. The highest BCUT2D eigenvalue weighted by molar-refractivity contribution is 5.95. The molecule has 0 unspecified atom stereocenters. The van der Waals surface area contributed by atoms with E-state index in [0.29, 0.717) is 75.0 Å². The van der Waals surface area contributed by atoms with E-state index in [0.717, 1.165) is 64.2 Å². The zero-order valence-corrected chi connectivity index (χ0v) is 41.4. The lowest BCUT2D eigenvalue weighted by Crippen LogP contribution is -2.28. The predicted molar refractivity (Wildman–Crippen MR) is 265 cm³/mol. The SMILES string of the molecule is CCCCCCCCCCCCOc1cc(C(=O)NCCCC(=O)NCCCCCCC(N)=O)cc(OCCCCCCCCCCCC)c1OCCCCCCCCCCCC. The Labute approximate surface area is 387 Å². The highest BCUT2D eigenvalue weighted by atomic mass is 16.5. The van der Waals surface area contributed by atoms with Gasteiger partial charge in [-0.05, 0) is 50.7 Å². The molecule has 0 saturated carbocycles. The zero-order chi connectivity index (χ0) is 45.7. The zero-order valence-electron chi connectivity index (χ0n) is 41.4. The minimum atomic E-state index is -0.266. The van der Waals surface area contributed by atoms with Gasteiger partial charge in [-0.1, -0.05) is 207 Å². The molecular weight excluding hydrogens is 787 g/mol. The van der Waals surface area contributed by atoms with Gasteiger partial charge in [-0.15, -0.1) is 0 Å². The first kappa shape index (κ1) is 58.0. The molecule has 1 aromatic rings. The number of hydrogen-bond donors (Lipinski definition) is 3. The normalized spacial score (nSPS) is 11.2. The standard InChI is InChI=1S/C54H99N3O6/c1-4-7-10-13-16-19-22-25-30-35-43-61-49-46-48(54(60)57-42-38-40-52(59)56-41-34-29-28-33-39-51(55)58)47-50(62-44-36-31-26-23-20-17-14-11-8-5-2)53(49)63-45-37-32-27-24-21-18-15-12-9-6-3/h46-47H,4-45H2,1-3H3,(H2,55,58)(H,56,59)(H,57,60). The Morgan fingerprint density at radius 3 is 1.17 bits per heavy atom. The number of hydrogen-bond acceptors (Lipinski definition) is 6. The lowest BCUT2D eigenvalue weighted by Gasteiger charge is -2.19. The summed E-state index contributed by atoms with van der Waals surface area (Å²) in [5.74, 6) is 1.29. The third-order valence-electron chi connectivity index (χ3n) is 12.1. The van der Waals surface area contributed by atoms with Gasteiger partial charge in [-0.3, -0.25) is 14.4 Å². The fourth-order valence-corrected chi connectivity index (χ4v) is 8.02. The molecule has 4 N–H and O–H groups in total. The van der Waals surface area contributed by atoms with Crippen LogP contribution in [0.3, 0.4) is 0 Å². The molecule has 0 radical (unpaired) electrons. The topological polar surface area (TPSA) is 129 Å².